The summed E-state index contributed by atoms with van der Waals surface area (Å²) >= 11 is 0. The van der Waals surface area contributed by atoms with Crippen molar-refractivity contribution in [1.29, 1.82) is 0 Å². The van der Waals surface area contributed by atoms with Crippen LogP contribution < -0.4 is 0 Å². The minimum atomic E-state index is -0.356. The lowest BCUT2D eigenvalue weighted by Gasteiger charge is -2.02. The second kappa shape index (κ2) is 4.69. The second-order valence-corrected chi connectivity index (χ2v) is 3.32. The Bertz CT molecular complexity index is 426. The van der Waals surface area contributed by atoms with E-state index in [1.54, 1.807) is 0 Å². The molecule has 1 aromatic carbocycles. The molecular formula is C13H12FN. The third-order valence-corrected chi connectivity index (χ3v) is 2.23. The van der Waals surface area contributed by atoms with Crippen molar-refractivity contribution in [1.82, 2.24) is 4.98 Å². The Kier molecular flexibility index (Phi) is 3.08. The molecule has 0 unspecified atom stereocenters. The number of hydrogen-bond acceptors (Lipinski definition) is 1. The highest BCUT2D eigenvalue weighted by Crippen LogP contribution is 2.16. The number of hydrogen-bond donors (Lipinski definition) is 0. The molecule has 1 heterocycles. The van der Waals surface area contributed by atoms with Crippen molar-refractivity contribution in [3.8, 4) is 11.3 Å². The first-order valence-electron chi connectivity index (χ1n) is 4.97. The van der Waals surface area contributed by atoms with Gasteiger partial charge in [0.25, 0.3) is 0 Å². The molecule has 0 radical (unpaired) electrons. The van der Waals surface area contributed by atoms with Crippen molar-refractivity contribution in [2.75, 3.05) is 6.67 Å². The molecule has 0 saturated carbocycles. The van der Waals surface area contributed by atoms with Crippen LogP contribution in [0.25, 0.3) is 11.3 Å². The van der Waals surface area contributed by atoms with Crippen LogP contribution in [0.4, 0.5) is 4.39 Å². The quantitative estimate of drug-likeness (QED) is 0.742. The molecule has 1 aromatic heterocycles. The Morgan fingerprint density at radius 2 is 1.73 bits per heavy atom. The number of aryl methyl sites for hydroxylation is 1. The molecule has 0 aliphatic rings. The monoisotopic (exact) mass is 201 g/mol. The largest absolute Gasteiger partial charge is 0.253 e. The molecule has 0 aliphatic carbocycles. The van der Waals surface area contributed by atoms with Crippen LogP contribution in [0.3, 0.4) is 0 Å². The Morgan fingerprint density at radius 3 is 2.47 bits per heavy atom. The molecule has 0 spiro atoms. The van der Waals surface area contributed by atoms with Gasteiger partial charge in [0.1, 0.15) is 0 Å². The van der Waals surface area contributed by atoms with Gasteiger partial charge in [0, 0.05) is 17.7 Å². The maximum atomic E-state index is 12.2. The molecule has 0 aliphatic heterocycles. The van der Waals surface area contributed by atoms with Gasteiger partial charge in [-0.3, -0.25) is 9.37 Å². The summed E-state index contributed by atoms with van der Waals surface area (Å²) in [6.45, 7) is -0.356. The van der Waals surface area contributed by atoms with Crippen molar-refractivity contribution in [3.05, 3.63) is 54.2 Å². The van der Waals surface area contributed by atoms with Gasteiger partial charge >= 0.3 is 0 Å². The molecule has 0 fully saturated rings. The maximum absolute atomic E-state index is 12.2. The summed E-state index contributed by atoms with van der Waals surface area (Å²) in [5, 5.41) is 0. The van der Waals surface area contributed by atoms with Gasteiger partial charge in [0.2, 0.25) is 0 Å². The molecule has 0 N–H and O–H groups in total. The van der Waals surface area contributed by atoms with Gasteiger partial charge in [-0.05, 0) is 12.1 Å². The first kappa shape index (κ1) is 9.84. The number of pyridine rings is 1. The fourth-order valence-corrected chi connectivity index (χ4v) is 1.49. The Morgan fingerprint density at radius 1 is 0.933 bits per heavy atom. The Hall–Kier alpha value is -1.70. The van der Waals surface area contributed by atoms with Crippen LogP contribution in [-0.2, 0) is 6.42 Å². The van der Waals surface area contributed by atoms with Gasteiger partial charge in [-0.1, -0.05) is 36.4 Å². The predicted octanol–water partition coefficient (Wildman–Crippen LogP) is 3.26. The molecule has 0 amide bonds. The van der Waals surface area contributed by atoms with E-state index in [4.69, 9.17) is 0 Å². The molecule has 1 nitrogen and oxygen atoms in total. The van der Waals surface area contributed by atoms with Crippen molar-refractivity contribution in [3.63, 3.8) is 0 Å². The average Bonchev–Trinajstić information content (AvgIpc) is 2.31. The summed E-state index contributed by atoms with van der Waals surface area (Å²) in [6, 6.07) is 15.6. The minimum Gasteiger partial charge on any atom is -0.253 e. The average molecular weight is 201 g/mol. The zero-order valence-electron chi connectivity index (χ0n) is 8.36. The van der Waals surface area contributed by atoms with Gasteiger partial charge in [-0.15, -0.1) is 0 Å². The molecule has 0 atom stereocenters. The van der Waals surface area contributed by atoms with Gasteiger partial charge in [-0.2, -0.15) is 0 Å². The van der Waals surface area contributed by atoms with E-state index in [9.17, 15) is 4.39 Å². The normalized spacial score (nSPS) is 10.2. The molecule has 2 heteroatoms. The number of halogens is 1. The lowest BCUT2D eigenvalue weighted by molar-refractivity contribution is 0.492. The minimum absolute atomic E-state index is 0.356. The van der Waals surface area contributed by atoms with Crippen LogP contribution in [-0.4, -0.2) is 11.7 Å². The lowest BCUT2D eigenvalue weighted by atomic mass is 10.1. The summed E-state index contributed by atoms with van der Waals surface area (Å²) in [7, 11) is 0. The molecular weight excluding hydrogens is 189 g/mol. The molecule has 76 valence electrons. The number of benzene rings is 1. The highest BCUT2D eigenvalue weighted by atomic mass is 19.1. The van der Waals surface area contributed by atoms with E-state index in [1.807, 2.05) is 48.5 Å². The van der Waals surface area contributed by atoms with E-state index in [0.29, 0.717) is 6.42 Å². The molecule has 2 rings (SSSR count). The Balaban J connectivity index is 2.33. The van der Waals surface area contributed by atoms with Crippen molar-refractivity contribution >= 4 is 0 Å². The van der Waals surface area contributed by atoms with Gasteiger partial charge < -0.3 is 0 Å². The first-order chi connectivity index (χ1) is 7.40. The van der Waals surface area contributed by atoms with Crippen LogP contribution in [0.5, 0.6) is 0 Å². The van der Waals surface area contributed by atoms with Crippen LogP contribution in [0.15, 0.2) is 48.5 Å². The zero-order valence-corrected chi connectivity index (χ0v) is 8.36. The molecule has 2 aromatic rings. The van der Waals surface area contributed by atoms with E-state index in [-0.39, 0.29) is 6.67 Å². The number of nitrogens with zero attached hydrogens (tertiary/aromatic N) is 1. The molecule has 0 saturated heterocycles. The van der Waals surface area contributed by atoms with E-state index in [2.05, 4.69) is 4.98 Å². The van der Waals surface area contributed by atoms with E-state index in [1.165, 1.54) is 0 Å². The summed E-state index contributed by atoms with van der Waals surface area (Å²) in [5.41, 5.74) is 2.78. The van der Waals surface area contributed by atoms with E-state index in [0.717, 1.165) is 17.0 Å². The fraction of sp³-hybridized carbons (Fsp3) is 0.154. The van der Waals surface area contributed by atoms with Crippen molar-refractivity contribution in [2.24, 2.45) is 0 Å². The fourth-order valence-electron chi connectivity index (χ4n) is 1.49. The lowest BCUT2D eigenvalue weighted by Crippen LogP contribution is -1.93. The maximum Gasteiger partial charge on any atom is 0.0949 e. The van der Waals surface area contributed by atoms with Crippen LogP contribution in [0.2, 0.25) is 0 Å². The zero-order chi connectivity index (χ0) is 10.5. The Labute approximate surface area is 88.6 Å². The topological polar surface area (TPSA) is 12.9 Å². The van der Waals surface area contributed by atoms with Crippen molar-refractivity contribution in [2.45, 2.75) is 6.42 Å². The van der Waals surface area contributed by atoms with Crippen LogP contribution >= 0.6 is 0 Å². The summed E-state index contributed by atoms with van der Waals surface area (Å²) in [5.74, 6) is 0. The third-order valence-electron chi connectivity index (χ3n) is 2.23. The van der Waals surface area contributed by atoms with Crippen molar-refractivity contribution < 1.29 is 4.39 Å². The highest BCUT2D eigenvalue weighted by molar-refractivity contribution is 5.58. The van der Waals surface area contributed by atoms with E-state index < -0.39 is 0 Å². The van der Waals surface area contributed by atoms with Gasteiger partial charge in [-0.25, -0.2) is 0 Å². The smallest absolute Gasteiger partial charge is 0.0949 e. The summed E-state index contributed by atoms with van der Waals surface area (Å²) in [6.07, 6.45) is 0.390. The first-order valence-corrected chi connectivity index (χ1v) is 4.97. The predicted molar refractivity (Wildman–Crippen MR) is 59.4 cm³/mol. The van der Waals surface area contributed by atoms with E-state index >= 15 is 0 Å². The van der Waals surface area contributed by atoms with Crippen LogP contribution in [0, 0.1) is 0 Å². The van der Waals surface area contributed by atoms with Gasteiger partial charge in [0.15, 0.2) is 0 Å². The SMILES string of the molecule is FCCc1cccc(-c2ccccc2)n1. The summed E-state index contributed by atoms with van der Waals surface area (Å²) in [4.78, 5) is 4.39. The highest BCUT2D eigenvalue weighted by Gasteiger charge is 1.99. The molecule has 0 bridgehead atoms. The number of aromatic nitrogens is 1. The summed E-state index contributed by atoms with van der Waals surface area (Å²) < 4.78 is 12.2. The van der Waals surface area contributed by atoms with Gasteiger partial charge in [0.05, 0.1) is 12.4 Å². The number of alkyl halides is 1. The number of rotatable bonds is 3. The standard InChI is InChI=1S/C13H12FN/c14-10-9-12-7-4-8-13(15-12)11-5-2-1-3-6-11/h1-8H,9-10H2. The third kappa shape index (κ3) is 2.40. The van der Waals surface area contributed by atoms with Crippen LogP contribution in [0.1, 0.15) is 5.69 Å². The molecule has 15 heavy (non-hydrogen) atoms. The second-order valence-electron chi connectivity index (χ2n) is 3.32.